The van der Waals surface area contributed by atoms with Crippen LogP contribution in [-0.4, -0.2) is 52.4 Å². The minimum atomic E-state index is -1.05. The summed E-state index contributed by atoms with van der Waals surface area (Å²) in [5.41, 5.74) is 4.52. The van der Waals surface area contributed by atoms with Gasteiger partial charge in [0.2, 0.25) is 0 Å². The number of fused-ring (bicyclic) bond motifs is 2. The maximum Gasteiger partial charge on any atom is 0.141 e. The quantitative estimate of drug-likeness (QED) is 0.625. The van der Waals surface area contributed by atoms with Crippen LogP contribution < -0.4 is 0 Å². The molecule has 0 spiro atoms. The molecule has 0 amide bonds. The Labute approximate surface area is 195 Å². The molecule has 2 heterocycles. The van der Waals surface area contributed by atoms with Crippen LogP contribution in [0.2, 0.25) is 0 Å². The summed E-state index contributed by atoms with van der Waals surface area (Å²) in [6.07, 6.45) is 2.88. The Morgan fingerprint density at radius 2 is 1.94 bits per heavy atom. The van der Waals surface area contributed by atoms with E-state index in [2.05, 4.69) is 34.6 Å². The lowest BCUT2D eigenvalue weighted by atomic mass is 9.97. The van der Waals surface area contributed by atoms with E-state index in [-0.39, 0.29) is 18.0 Å². The van der Waals surface area contributed by atoms with E-state index in [1.807, 2.05) is 6.07 Å². The zero-order valence-corrected chi connectivity index (χ0v) is 20.0. The van der Waals surface area contributed by atoms with Crippen LogP contribution >= 0.6 is 0 Å². The Bertz CT molecular complexity index is 1170. The van der Waals surface area contributed by atoms with Crippen LogP contribution in [0.1, 0.15) is 48.8 Å². The summed E-state index contributed by atoms with van der Waals surface area (Å²) >= 11 is 0. The van der Waals surface area contributed by atoms with Gasteiger partial charge in [-0.05, 0) is 86.9 Å². The second kappa shape index (κ2) is 8.49. The van der Waals surface area contributed by atoms with Crippen molar-refractivity contribution in [1.29, 1.82) is 0 Å². The lowest BCUT2D eigenvalue weighted by Gasteiger charge is -2.40. The monoisotopic (exact) mass is 451 g/mol. The molecule has 5 rings (SSSR count). The molecule has 1 saturated heterocycles. The first-order valence-electron chi connectivity index (χ1n) is 12.0. The summed E-state index contributed by atoms with van der Waals surface area (Å²) in [5, 5.41) is 10.9. The number of rotatable bonds is 5. The van der Waals surface area contributed by atoms with E-state index in [0.29, 0.717) is 11.7 Å². The zero-order valence-electron chi connectivity index (χ0n) is 20.0. The number of hydrogen-bond donors (Lipinski definition) is 1. The maximum absolute atomic E-state index is 13.6. The van der Waals surface area contributed by atoms with Crippen LogP contribution in [0.4, 0.5) is 4.39 Å². The third-order valence-corrected chi connectivity index (χ3v) is 7.34. The van der Waals surface area contributed by atoms with Crippen molar-refractivity contribution in [2.45, 2.75) is 57.8 Å². The van der Waals surface area contributed by atoms with Gasteiger partial charge in [-0.25, -0.2) is 9.37 Å². The summed E-state index contributed by atoms with van der Waals surface area (Å²) in [6, 6.07) is 11.6. The molecule has 2 aromatic carbocycles. The highest BCUT2D eigenvalue weighted by Gasteiger charge is 2.37. The summed E-state index contributed by atoms with van der Waals surface area (Å²) in [7, 11) is 1.78. The minimum absolute atomic E-state index is 0.000208. The van der Waals surface area contributed by atoms with Crippen LogP contribution in [0.3, 0.4) is 0 Å². The van der Waals surface area contributed by atoms with Crippen molar-refractivity contribution in [3.8, 4) is 0 Å². The molecule has 0 bridgehead atoms. The topological polar surface area (TPSA) is 50.5 Å². The molecule has 1 N–H and O–H groups in total. The van der Waals surface area contributed by atoms with Crippen LogP contribution in [0.15, 0.2) is 36.4 Å². The zero-order chi connectivity index (χ0) is 23.3. The summed E-state index contributed by atoms with van der Waals surface area (Å²) in [5.74, 6) is 1.07. The van der Waals surface area contributed by atoms with Crippen LogP contribution in [0.5, 0.6) is 0 Å². The SMILES string of the molecule is CO[C@@H]1CN(C[C@H]2Cc3ccc(F)cc3C2)CC[C@H]1n1c(C(C)(C)O)nc2cc(C)ccc21. The molecule has 1 aliphatic carbocycles. The van der Waals surface area contributed by atoms with E-state index in [1.165, 1.54) is 5.56 Å². The maximum atomic E-state index is 13.6. The smallest absolute Gasteiger partial charge is 0.141 e. The lowest BCUT2D eigenvalue weighted by Crippen LogP contribution is -2.47. The van der Waals surface area contributed by atoms with Crippen molar-refractivity contribution in [1.82, 2.24) is 14.5 Å². The second-order valence-electron chi connectivity index (χ2n) is 10.4. The van der Waals surface area contributed by atoms with Crippen molar-refractivity contribution in [3.05, 3.63) is 64.7 Å². The van der Waals surface area contributed by atoms with E-state index in [1.54, 1.807) is 33.1 Å². The number of aliphatic hydroxyl groups is 1. The fraction of sp³-hybridized carbons (Fsp3) is 0.519. The van der Waals surface area contributed by atoms with Crippen molar-refractivity contribution in [2.24, 2.45) is 5.92 Å². The Balaban J connectivity index is 1.36. The largest absolute Gasteiger partial charge is 0.383 e. The third kappa shape index (κ3) is 4.32. The van der Waals surface area contributed by atoms with Gasteiger partial charge in [-0.15, -0.1) is 0 Å². The van der Waals surface area contributed by atoms with Gasteiger partial charge in [0.1, 0.15) is 17.2 Å². The van der Waals surface area contributed by atoms with Crippen molar-refractivity contribution < 1.29 is 14.2 Å². The van der Waals surface area contributed by atoms with Gasteiger partial charge in [-0.2, -0.15) is 0 Å². The average molecular weight is 452 g/mol. The predicted octanol–water partition coefficient (Wildman–Crippen LogP) is 4.39. The number of nitrogens with zero attached hydrogens (tertiary/aromatic N) is 3. The molecule has 1 aromatic heterocycles. The molecule has 33 heavy (non-hydrogen) atoms. The van der Waals surface area contributed by atoms with Gasteiger partial charge in [0.05, 0.1) is 23.2 Å². The van der Waals surface area contributed by atoms with Crippen LogP contribution in [0, 0.1) is 18.7 Å². The molecular weight excluding hydrogens is 417 g/mol. The molecule has 0 unspecified atom stereocenters. The van der Waals surface area contributed by atoms with Crippen molar-refractivity contribution in [2.75, 3.05) is 26.7 Å². The first-order chi connectivity index (χ1) is 15.7. The van der Waals surface area contributed by atoms with E-state index in [0.717, 1.165) is 61.1 Å². The minimum Gasteiger partial charge on any atom is -0.383 e. The number of benzene rings is 2. The van der Waals surface area contributed by atoms with E-state index in [9.17, 15) is 9.50 Å². The molecule has 0 saturated carbocycles. The van der Waals surface area contributed by atoms with Gasteiger partial charge >= 0.3 is 0 Å². The number of piperidine rings is 1. The molecule has 5 nitrogen and oxygen atoms in total. The number of ether oxygens (including phenoxy) is 1. The highest BCUT2D eigenvalue weighted by atomic mass is 19.1. The van der Waals surface area contributed by atoms with Crippen molar-refractivity contribution in [3.63, 3.8) is 0 Å². The van der Waals surface area contributed by atoms with E-state index < -0.39 is 5.60 Å². The van der Waals surface area contributed by atoms with E-state index >= 15 is 0 Å². The van der Waals surface area contributed by atoms with E-state index in [4.69, 9.17) is 9.72 Å². The molecule has 176 valence electrons. The highest BCUT2D eigenvalue weighted by Crippen LogP contribution is 2.35. The first kappa shape index (κ1) is 22.5. The van der Waals surface area contributed by atoms with Gasteiger partial charge < -0.3 is 19.3 Å². The molecule has 6 heteroatoms. The highest BCUT2D eigenvalue weighted by molar-refractivity contribution is 5.77. The Morgan fingerprint density at radius 1 is 1.15 bits per heavy atom. The molecule has 1 fully saturated rings. The van der Waals surface area contributed by atoms with Crippen molar-refractivity contribution >= 4 is 11.0 Å². The number of aryl methyl sites for hydroxylation is 1. The van der Waals surface area contributed by atoms with Gasteiger partial charge in [-0.1, -0.05) is 12.1 Å². The number of halogens is 1. The van der Waals surface area contributed by atoms with Gasteiger partial charge in [-0.3, -0.25) is 0 Å². The number of likely N-dealkylation sites (tertiary alicyclic amines) is 1. The fourth-order valence-electron chi connectivity index (χ4n) is 5.81. The molecular formula is C27H34FN3O2. The fourth-order valence-corrected chi connectivity index (χ4v) is 5.81. The Kier molecular flexibility index (Phi) is 5.79. The molecule has 2 aliphatic rings. The summed E-state index contributed by atoms with van der Waals surface area (Å²) < 4.78 is 21.9. The number of imidazole rings is 1. The molecule has 3 aromatic rings. The normalized spacial score (nSPS) is 23.9. The molecule has 3 atom stereocenters. The Morgan fingerprint density at radius 3 is 2.70 bits per heavy atom. The Hall–Kier alpha value is -2.28. The van der Waals surface area contributed by atoms with Crippen LogP contribution in [0.25, 0.3) is 11.0 Å². The summed E-state index contributed by atoms with van der Waals surface area (Å²) in [4.78, 5) is 7.32. The molecule has 1 aliphatic heterocycles. The predicted molar refractivity (Wildman–Crippen MR) is 128 cm³/mol. The van der Waals surface area contributed by atoms with Gasteiger partial charge in [0.15, 0.2) is 0 Å². The van der Waals surface area contributed by atoms with Gasteiger partial charge in [0, 0.05) is 26.7 Å². The van der Waals surface area contributed by atoms with Crippen LogP contribution in [-0.2, 0) is 23.2 Å². The first-order valence-corrected chi connectivity index (χ1v) is 12.0. The number of methoxy groups -OCH3 is 1. The second-order valence-corrected chi connectivity index (χ2v) is 10.4. The third-order valence-electron chi connectivity index (χ3n) is 7.34. The molecule has 0 radical (unpaired) electrons. The van der Waals surface area contributed by atoms with Gasteiger partial charge in [0.25, 0.3) is 0 Å². The number of aromatic nitrogens is 2. The average Bonchev–Trinajstić information content (AvgIpc) is 3.33. The standard InChI is InChI=1S/C27H34FN3O2/c1-17-5-8-23-22(11-17)29-26(27(2,3)32)31(23)24-9-10-30(16-25(24)33-4)15-18-12-19-6-7-21(28)14-20(19)13-18/h5-8,11,14,18,24-25,32H,9-10,12-13,15-16H2,1-4H3/t18-,24+,25+/m0/s1. The summed E-state index contributed by atoms with van der Waals surface area (Å²) in [6.45, 7) is 8.45. The lowest BCUT2D eigenvalue weighted by molar-refractivity contribution is -0.0152. The number of hydrogen-bond acceptors (Lipinski definition) is 4.